The first-order valence-electron chi connectivity index (χ1n) is 10.5. The van der Waals surface area contributed by atoms with Gasteiger partial charge >= 0.3 is 0 Å². The van der Waals surface area contributed by atoms with E-state index in [1.807, 2.05) is 19.1 Å². The fraction of sp³-hybridized carbons (Fsp3) is 0.160. The third-order valence-corrected chi connectivity index (χ3v) is 5.57. The molecule has 3 rings (SSSR count). The first kappa shape index (κ1) is 26.5. The quantitative estimate of drug-likeness (QED) is 0.170. The number of hydrogen-bond acceptors (Lipinski definition) is 5. The number of nitrogens with zero attached hydrogens (tertiary/aromatic N) is 1. The maximum atomic E-state index is 12.1. The second-order valence-electron chi connectivity index (χ2n) is 7.20. The van der Waals surface area contributed by atoms with Gasteiger partial charge in [-0.2, -0.15) is 5.10 Å². The number of hydrazone groups is 1. The molecule has 0 aliphatic carbocycles. The zero-order valence-corrected chi connectivity index (χ0v) is 21.8. The van der Waals surface area contributed by atoms with Crippen LogP contribution in [0.1, 0.15) is 24.5 Å². The van der Waals surface area contributed by atoms with Crippen molar-refractivity contribution in [3.63, 3.8) is 0 Å². The van der Waals surface area contributed by atoms with Crippen LogP contribution < -0.4 is 20.2 Å². The Balaban J connectivity index is 1.58. The number of halogens is 3. The number of ether oxygens (including phenoxy) is 2. The summed E-state index contributed by atoms with van der Waals surface area (Å²) in [4.78, 5) is 24.1. The van der Waals surface area contributed by atoms with E-state index in [0.29, 0.717) is 50.5 Å². The van der Waals surface area contributed by atoms with Gasteiger partial charge in [0.25, 0.3) is 0 Å². The zero-order chi connectivity index (χ0) is 25.2. The molecule has 3 aromatic carbocycles. The van der Waals surface area contributed by atoms with Crippen molar-refractivity contribution in [3.05, 3.63) is 86.3 Å². The average molecular weight is 579 g/mol. The fourth-order valence-corrected chi connectivity index (χ4v) is 3.73. The summed E-state index contributed by atoms with van der Waals surface area (Å²) >= 11 is 15.3. The van der Waals surface area contributed by atoms with E-state index in [2.05, 4.69) is 31.8 Å². The second kappa shape index (κ2) is 13.1. The molecule has 0 bridgehead atoms. The Labute approximate surface area is 221 Å². The zero-order valence-electron chi connectivity index (χ0n) is 18.7. The lowest BCUT2D eigenvalue weighted by Gasteiger charge is -2.14. The van der Waals surface area contributed by atoms with E-state index in [4.69, 9.17) is 32.7 Å². The third kappa shape index (κ3) is 8.58. The Morgan fingerprint density at radius 3 is 2.29 bits per heavy atom. The molecule has 0 saturated heterocycles. The van der Waals surface area contributed by atoms with E-state index < -0.39 is 11.8 Å². The van der Waals surface area contributed by atoms with Crippen molar-refractivity contribution in [2.24, 2.45) is 5.10 Å². The molecular weight excluding hydrogens is 557 g/mol. The number of nitrogens with one attached hydrogen (secondary N) is 2. The van der Waals surface area contributed by atoms with Crippen LogP contribution in [0.3, 0.4) is 0 Å². The summed E-state index contributed by atoms with van der Waals surface area (Å²) < 4.78 is 12.3. The molecule has 10 heteroatoms. The van der Waals surface area contributed by atoms with E-state index >= 15 is 0 Å². The van der Waals surface area contributed by atoms with Crippen LogP contribution in [0.4, 0.5) is 5.69 Å². The SMILES string of the molecule is CCOc1cc(C=NNC(=O)CC(=O)Nc2ccc(Cl)cc2)cc(Br)c1OCc1ccc(Cl)cc1. The van der Waals surface area contributed by atoms with E-state index in [0.717, 1.165) is 5.56 Å². The molecule has 0 heterocycles. The summed E-state index contributed by atoms with van der Waals surface area (Å²) in [6.07, 6.45) is 1.07. The lowest BCUT2D eigenvalue weighted by Crippen LogP contribution is -2.24. The van der Waals surface area contributed by atoms with Gasteiger partial charge in [0.2, 0.25) is 11.8 Å². The van der Waals surface area contributed by atoms with Gasteiger partial charge in [-0.15, -0.1) is 0 Å². The molecule has 0 aliphatic rings. The normalized spacial score (nSPS) is 10.7. The summed E-state index contributed by atoms with van der Waals surface area (Å²) in [5.74, 6) is 0.0381. The Morgan fingerprint density at radius 1 is 0.971 bits per heavy atom. The Kier molecular flexibility index (Phi) is 9.96. The van der Waals surface area contributed by atoms with E-state index in [9.17, 15) is 9.59 Å². The second-order valence-corrected chi connectivity index (χ2v) is 8.93. The molecule has 0 saturated carbocycles. The summed E-state index contributed by atoms with van der Waals surface area (Å²) in [6.45, 7) is 2.63. The Morgan fingerprint density at radius 2 is 1.63 bits per heavy atom. The van der Waals surface area contributed by atoms with Crippen LogP contribution in [-0.4, -0.2) is 24.6 Å². The predicted molar refractivity (Wildman–Crippen MR) is 142 cm³/mol. The molecule has 2 amide bonds. The molecule has 0 radical (unpaired) electrons. The molecule has 3 aromatic rings. The summed E-state index contributed by atoms with van der Waals surface area (Å²) in [5.41, 5.74) is 4.50. The van der Waals surface area contributed by atoms with Gasteiger partial charge in [0, 0.05) is 15.7 Å². The monoisotopic (exact) mass is 577 g/mol. The molecular formula is C25H22BrCl2N3O4. The molecule has 7 nitrogen and oxygen atoms in total. The van der Waals surface area contributed by atoms with Crippen LogP contribution in [0.25, 0.3) is 0 Å². The van der Waals surface area contributed by atoms with Crippen LogP contribution in [0, 0.1) is 0 Å². The van der Waals surface area contributed by atoms with Crippen LogP contribution >= 0.6 is 39.1 Å². The van der Waals surface area contributed by atoms with Crippen molar-refractivity contribution in [1.29, 1.82) is 0 Å². The molecule has 0 fully saturated rings. The molecule has 182 valence electrons. The summed E-state index contributed by atoms with van der Waals surface area (Å²) in [7, 11) is 0. The minimum Gasteiger partial charge on any atom is -0.490 e. The number of hydrogen-bond donors (Lipinski definition) is 2. The summed E-state index contributed by atoms with van der Waals surface area (Å²) in [6, 6.07) is 17.5. The number of carbonyl (C=O) groups excluding carboxylic acids is 2. The van der Waals surface area contributed by atoms with Crippen molar-refractivity contribution in [3.8, 4) is 11.5 Å². The van der Waals surface area contributed by atoms with Gasteiger partial charge in [-0.05, 0) is 82.5 Å². The average Bonchev–Trinajstić information content (AvgIpc) is 2.81. The lowest BCUT2D eigenvalue weighted by molar-refractivity contribution is -0.126. The molecule has 0 aromatic heterocycles. The van der Waals surface area contributed by atoms with Gasteiger partial charge in [-0.1, -0.05) is 35.3 Å². The van der Waals surface area contributed by atoms with Crippen molar-refractivity contribution in [2.45, 2.75) is 20.0 Å². The minimum absolute atomic E-state index is 0.331. The molecule has 2 N–H and O–H groups in total. The highest BCUT2D eigenvalue weighted by Gasteiger charge is 2.13. The van der Waals surface area contributed by atoms with Gasteiger partial charge in [0.1, 0.15) is 13.0 Å². The number of anilines is 1. The van der Waals surface area contributed by atoms with Crippen LogP contribution in [0.15, 0.2) is 70.2 Å². The van der Waals surface area contributed by atoms with Crippen LogP contribution in [0.5, 0.6) is 11.5 Å². The highest BCUT2D eigenvalue weighted by molar-refractivity contribution is 9.10. The standard InChI is InChI=1S/C25H22BrCl2N3O4/c1-2-34-22-12-17(11-21(26)25(22)35-15-16-3-5-18(27)6-4-16)14-29-31-24(33)13-23(32)30-20-9-7-19(28)8-10-20/h3-12,14H,2,13,15H2,1H3,(H,30,32)(H,31,33). The third-order valence-electron chi connectivity index (χ3n) is 4.48. The van der Waals surface area contributed by atoms with Crippen LogP contribution in [-0.2, 0) is 16.2 Å². The lowest BCUT2D eigenvalue weighted by atomic mass is 10.2. The largest absolute Gasteiger partial charge is 0.490 e. The highest BCUT2D eigenvalue weighted by Crippen LogP contribution is 2.37. The maximum absolute atomic E-state index is 12.1. The van der Waals surface area contributed by atoms with E-state index in [1.54, 1.807) is 48.5 Å². The van der Waals surface area contributed by atoms with E-state index in [1.165, 1.54) is 6.21 Å². The van der Waals surface area contributed by atoms with Gasteiger partial charge in [-0.25, -0.2) is 5.43 Å². The van der Waals surface area contributed by atoms with Gasteiger partial charge in [-0.3, -0.25) is 9.59 Å². The topological polar surface area (TPSA) is 89.0 Å². The van der Waals surface area contributed by atoms with Gasteiger partial charge in [0.05, 0.1) is 17.3 Å². The van der Waals surface area contributed by atoms with Gasteiger partial charge in [0.15, 0.2) is 11.5 Å². The number of rotatable bonds is 10. The fourth-order valence-electron chi connectivity index (χ4n) is 2.90. The highest BCUT2D eigenvalue weighted by atomic mass is 79.9. The number of carbonyl (C=O) groups is 2. The van der Waals surface area contributed by atoms with Crippen molar-refractivity contribution >= 4 is 62.8 Å². The van der Waals surface area contributed by atoms with Crippen molar-refractivity contribution in [1.82, 2.24) is 5.43 Å². The number of benzene rings is 3. The van der Waals surface area contributed by atoms with Crippen molar-refractivity contribution < 1.29 is 19.1 Å². The number of amides is 2. The van der Waals surface area contributed by atoms with Crippen LogP contribution in [0.2, 0.25) is 10.0 Å². The predicted octanol–water partition coefficient (Wildman–Crippen LogP) is 6.21. The minimum atomic E-state index is -0.556. The van der Waals surface area contributed by atoms with Gasteiger partial charge < -0.3 is 14.8 Å². The molecule has 0 spiro atoms. The molecule has 0 aliphatic heterocycles. The van der Waals surface area contributed by atoms with Crippen molar-refractivity contribution in [2.75, 3.05) is 11.9 Å². The summed E-state index contributed by atoms with van der Waals surface area (Å²) in [5, 5.41) is 7.76. The first-order valence-corrected chi connectivity index (χ1v) is 12.1. The molecule has 35 heavy (non-hydrogen) atoms. The Bertz CT molecular complexity index is 1200. The molecule has 0 atom stereocenters. The van der Waals surface area contributed by atoms with E-state index in [-0.39, 0.29) is 6.42 Å². The molecule has 0 unspecified atom stereocenters. The first-order chi connectivity index (χ1) is 16.8. The maximum Gasteiger partial charge on any atom is 0.249 e. The Hall–Kier alpha value is -3.07. The smallest absolute Gasteiger partial charge is 0.249 e.